The second-order valence-corrected chi connectivity index (χ2v) is 12.0. The number of hydrogen-bond donors (Lipinski definition) is 1. The number of para-hydroxylation sites is 2. The molecule has 8 nitrogen and oxygen atoms in total. The van der Waals surface area contributed by atoms with Crippen molar-refractivity contribution in [2.75, 3.05) is 18.0 Å². The minimum Gasteiger partial charge on any atom is -0.486 e. The number of carbonyl (C=O) groups excluding carboxylic acids is 2. The van der Waals surface area contributed by atoms with Gasteiger partial charge >= 0.3 is 0 Å². The highest BCUT2D eigenvalue weighted by Crippen LogP contribution is 2.36. The molecule has 1 N–H and O–H groups in total. The number of aryl methyl sites for hydroxylation is 1. The zero-order valence-corrected chi connectivity index (χ0v) is 23.5. The summed E-state index contributed by atoms with van der Waals surface area (Å²) in [6, 6.07) is 21.8. The number of carbonyl (C=O) groups is 2. The van der Waals surface area contributed by atoms with Gasteiger partial charge in [0.15, 0.2) is 5.75 Å². The maximum absolute atomic E-state index is 12.1. The van der Waals surface area contributed by atoms with Crippen LogP contribution < -0.4 is 19.7 Å². The Hall–Kier alpha value is -3.98. The molecule has 0 saturated carbocycles. The van der Waals surface area contributed by atoms with Gasteiger partial charge < -0.3 is 18.9 Å². The molecule has 0 spiro atoms. The van der Waals surface area contributed by atoms with Crippen LogP contribution in [0.1, 0.15) is 37.6 Å². The molecule has 0 bridgehead atoms. The summed E-state index contributed by atoms with van der Waals surface area (Å²) in [5, 5.41) is 2.07. The Balaban J connectivity index is 1.13. The monoisotopic (exact) mass is 556 g/mol. The minimum absolute atomic E-state index is 0.246. The average Bonchev–Trinajstić information content (AvgIpc) is 3.41. The summed E-state index contributed by atoms with van der Waals surface area (Å²) < 4.78 is 13.7. The van der Waals surface area contributed by atoms with Gasteiger partial charge in [0.1, 0.15) is 28.7 Å². The van der Waals surface area contributed by atoms with E-state index in [1.165, 1.54) is 19.3 Å². The molecule has 1 aromatic heterocycles. The first-order valence-corrected chi connectivity index (χ1v) is 14.4. The third kappa shape index (κ3) is 5.38. The highest BCUT2D eigenvalue weighted by atomic mass is 32.2. The van der Waals surface area contributed by atoms with Crippen LogP contribution in [0.3, 0.4) is 0 Å². The van der Waals surface area contributed by atoms with Crippen molar-refractivity contribution >= 4 is 39.6 Å². The lowest BCUT2D eigenvalue weighted by atomic mass is 9.99. The smallest absolute Gasteiger partial charge is 0.286 e. The number of thioether (sulfide) groups is 1. The van der Waals surface area contributed by atoms with Gasteiger partial charge in [-0.05, 0) is 86.3 Å². The molecule has 3 heterocycles. The quantitative estimate of drug-likeness (QED) is 0.276. The van der Waals surface area contributed by atoms with Gasteiger partial charge in [-0.2, -0.15) is 0 Å². The second kappa shape index (κ2) is 10.9. The Labute approximate surface area is 237 Å². The molecule has 40 heavy (non-hydrogen) atoms. The Morgan fingerprint density at radius 3 is 2.48 bits per heavy atom. The van der Waals surface area contributed by atoms with Gasteiger partial charge in [-0.3, -0.25) is 14.9 Å². The van der Waals surface area contributed by atoms with Crippen LogP contribution in [0, 0.1) is 0 Å². The van der Waals surface area contributed by atoms with E-state index in [4.69, 9.17) is 14.5 Å². The van der Waals surface area contributed by atoms with Crippen molar-refractivity contribution in [1.82, 2.24) is 14.9 Å². The molecule has 206 valence electrons. The van der Waals surface area contributed by atoms with Crippen LogP contribution in [-0.2, 0) is 24.9 Å². The number of nitrogens with one attached hydrogen (secondary N) is 1. The summed E-state index contributed by atoms with van der Waals surface area (Å²) in [4.78, 5) is 30.9. The van der Waals surface area contributed by atoms with E-state index in [1.54, 1.807) is 6.92 Å². The Morgan fingerprint density at radius 2 is 1.73 bits per heavy atom. The zero-order chi connectivity index (χ0) is 27.7. The van der Waals surface area contributed by atoms with Crippen molar-refractivity contribution in [3.63, 3.8) is 0 Å². The van der Waals surface area contributed by atoms with Gasteiger partial charge in [-0.25, -0.2) is 4.98 Å². The number of nitrogens with zero attached hydrogens (tertiary/aromatic N) is 3. The second-order valence-electron chi connectivity index (χ2n) is 10.5. The normalized spacial score (nSPS) is 19.2. The molecule has 6 rings (SSSR count). The standard InChI is InChI=1S/C31H32N4O4S/c1-31(29(36)33-30(37)40-31)19-21-10-12-22(13-11-21)38-20-28-32-24-15-14-23(18-26(24)34(28)2)39-27-9-5-4-8-25(27)35-16-6-3-7-17-35/h4-5,8-15,18H,3,6-7,16-17,19-20H2,1-2H3,(H,33,36,37)/t31-/m0/s1. The number of aromatic nitrogens is 2. The van der Waals surface area contributed by atoms with E-state index in [2.05, 4.69) is 22.3 Å². The van der Waals surface area contributed by atoms with Crippen LogP contribution in [0.15, 0.2) is 66.7 Å². The molecule has 1 atom stereocenters. The lowest BCUT2D eigenvalue weighted by molar-refractivity contribution is -0.121. The molecule has 2 fully saturated rings. The number of piperidine rings is 1. The first-order valence-electron chi connectivity index (χ1n) is 13.6. The summed E-state index contributed by atoms with van der Waals surface area (Å²) in [7, 11) is 1.98. The molecule has 0 aliphatic carbocycles. The van der Waals surface area contributed by atoms with Crippen LogP contribution >= 0.6 is 11.8 Å². The Bertz CT molecular complexity index is 1560. The molecule has 2 aliphatic heterocycles. The maximum atomic E-state index is 12.1. The molecule has 9 heteroatoms. The minimum atomic E-state index is -0.787. The van der Waals surface area contributed by atoms with Crippen LogP contribution in [0.5, 0.6) is 17.2 Å². The lowest BCUT2D eigenvalue weighted by Crippen LogP contribution is -2.35. The molecule has 2 saturated heterocycles. The molecule has 4 aromatic rings. The zero-order valence-electron chi connectivity index (χ0n) is 22.7. The van der Waals surface area contributed by atoms with Crippen molar-refractivity contribution in [2.45, 2.75) is 44.0 Å². The summed E-state index contributed by atoms with van der Waals surface area (Å²) in [5.41, 5.74) is 3.95. The SMILES string of the molecule is Cn1c(COc2ccc(C[C@]3(C)SC(=O)NC3=O)cc2)nc2ccc(Oc3ccccc3N3CCCCC3)cc21. The summed E-state index contributed by atoms with van der Waals surface area (Å²) >= 11 is 1.04. The van der Waals surface area contributed by atoms with E-state index in [0.29, 0.717) is 18.8 Å². The largest absolute Gasteiger partial charge is 0.486 e. The van der Waals surface area contributed by atoms with Crippen LogP contribution in [0.2, 0.25) is 0 Å². The molecule has 0 radical (unpaired) electrons. The van der Waals surface area contributed by atoms with E-state index in [-0.39, 0.29) is 11.1 Å². The number of imide groups is 1. The summed E-state index contributed by atoms with van der Waals surface area (Å²) in [5.74, 6) is 2.90. The number of benzene rings is 3. The highest BCUT2D eigenvalue weighted by Gasteiger charge is 2.43. The van der Waals surface area contributed by atoms with E-state index in [9.17, 15) is 9.59 Å². The van der Waals surface area contributed by atoms with Gasteiger partial charge in [0.2, 0.25) is 5.91 Å². The predicted molar refractivity (Wildman–Crippen MR) is 157 cm³/mol. The number of imidazole rings is 1. The molecule has 2 aliphatic rings. The lowest BCUT2D eigenvalue weighted by Gasteiger charge is -2.30. The fourth-order valence-corrected chi connectivity index (χ4v) is 6.27. The van der Waals surface area contributed by atoms with Gasteiger partial charge in [0.05, 0.1) is 16.7 Å². The predicted octanol–water partition coefficient (Wildman–Crippen LogP) is 6.22. The topological polar surface area (TPSA) is 85.7 Å². The number of anilines is 1. The summed E-state index contributed by atoms with van der Waals surface area (Å²) in [6.45, 7) is 4.22. The van der Waals surface area contributed by atoms with Crippen molar-refractivity contribution in [1.29, 1.82) is 0 Å². The molecule has 3 aromatic carbocycles. The van der Waals surface area contributed by atoms with Gasteiger partial charge in [-0.1, -0.05) is 24.3 Å². The van der Waals surface area contributed by atoms with Crippen LogP contribution in [-0.4, -0.2) is 38.5 Å². The van der Waals surface area contributed by atoms with E-state index >= 15 is 0 Å². The third-order valence-electron chi connectivity index (χ3n) is 7.58. The van der Waals surface area contributed by atoms with Crippen LogP contribution in [0.25, 0.3) is 11.0 Å². The number of ether oxygens (including phenoxy) is 2. The molecular formula is C31H32N4O4S. The average molecular weight is 557 g/mol. The Morgan fingerprint density at radius 1 is 0.975 bits per heavy atom. The third-order valence-corrected chi connectivity index (χ3v) is 8.65. The first kappa shape index (κ1) is 26.3. The number of amides is 2. The van der Waals surface area contributed by atoms with Gasteiger partial charge in [0.25, 0.3) is 5.24 Å². The molecular weight excluding hydrogens is 524 g/mol. The van der Waals surface area contributed by atoms with Crippen molar-refractivity contribution in [2.24, 2.45) is 7.05 Å². The molecule has 0 unspecified atom stereocenters. The van der Waals surface area contributed by atoms with E-state index < -0.39 is 4.75 Å². The summed E-state index contributed by atoms with van der Waals surface area (Å²) in [6.07, 6.45) is 4.18. The Kier molecular flexibility index (Phi) is 7.14. The highest BCUT2D eigenvalue weighted by molar-refractivity contribution is 8.16. The number of hydrogen-bond acceptors (Lipinski definition) is 7. The number of rotatable bonds is 8. The van der Waals surface area contributed by atoms with Gasteiger partial charge in [-0.15, -0.1) is 0 Å². The number of fused-ring (bicyclic) bond motifs is 1. The fraction of sp³-hybridized carbons (Fsp3) is 0.323. The van der Waals surface area contributed by atoms with E-state index in [0.717, 1.165) is 64.5 Å². The van der Waals surface area contributed by atoms with Crippen LogP contribution in [0.4, 0.5) is 10.5 Å². The fourth-order valence-electron chi connectivity index (χ4n) is 5.34. The van der Waals surface area contributed by atoms with Crippen molar-refractivity contribution < 1.29 is 19.1 Å². The maximum Gasteiger partial charge on any atom is 0.286 e. The van der Waals surface area contributed by atoms with Gasteiger partial charge in [0, 0.05) is 26.2 Å². The molecule has 2 amide bonds. The van der Waals surface area contributed by atoms with Crippen molar-refractivity contribution in [3.05, 3.63) is 78.1 Å². The van der Waals surface area contributed by atoms with E-state index in [1.807, 2.05) is 66.2 Å². The van der Waals surface area contributed by atoms with Crippen molar-refractivity contribution in [3.8, 4) is 17.2 Å². The first-order chi connectivity index (χ1) is 19.4.